The normalized spacial score (nSPS) is 19.8. The highest BCUT2D eigenvalue weighted by atomic mass is 35.5. The highest BCUT2D eigenvalue weighted by Gasteiger charge is 2.34. The largest absolute Gasteiger partial charge is 0.506 e. The molecule has 0 unspecified atom stereocenters. The van der Waals surface area contributed by atoms with Crippen LogP contribution in [0.25, 0.3) is 0 Å². The van der Waals surface area contributed by atoms with E-state index in [1.54, 1.807) is 17.4 Å². The molecule has 1 aromatic heterocycles. The third-order valence-corrected chi connectivity index (χ3v) is 6.38. The van der Waals surface area contributed by atoms with Gasteiger partial charge in [-0.3, -0.25) is 9.69 Å². The van der Waals surface area contributed by atoms with Gasteiger partial charge in [0.25, 0.3) is 5.91 Å². The topological polar surface area (TPSA) is 64.6 Å². The average Bonchev–Trinajstić information content (AvgIpc) is 2.95. The van der Waals surface area contributed by atoms with Gasteiger partial charge in [0.05, 0.1) is 10.6 Å². The second-order valence-electron chi connectivity index (χ2n) is 6.20. The van der Waals surface area contributed by atoms with Gasteiger partial charge in [-0.25, -0.2) is 0 Å². The molecule has 8 heteroatoms. The fraction of sp³-hybridized carbons (Fsp3) is 0.353. The molecule has 132 valence electrons. The van der Waals surface area contributed by atoms with Gasteiger partial charge in [0.15, 0.2) is 0 Å². The number of rotatable bonds is 2. The molecule has 2 aliphatic heterocycles. The molecule has 0 fully saturated rings. The maximum atomic E-state index is 12.7. The number of anilines is 1. The fourth-order valence-electron chi connectivity index (χ4n) is 3.40. The molecule has 0 radical (unpaired) electrons. The summed E-state index contributed by atoms with van der Waals surface area (Å²) in [4.78, 5) is 16.3. The molecule has 3 heterocycles. The first kappa shape index (κ1) is 17.0. The number of benzene rings is 1. The summed E-state index contributed by atoms with van der Waals surface area (Å²) in [6, 6.07) is 3.08. The first-order valence-corrected chi connectivity index (χ1v) is 9.67. The Morgan fingerprint density at radius 3 is 2.92 bits per heavy atom. The first-order chi connectivity index (χ1) is 12.0. The number of hydrogen-bond acceptors (Lipinski definition) is 5. The number of carbonyl (C=O) groups excluding carboxylic acids is 1. The molecule has 1 aromatic carbocycles. The first-order valence-electron chi connectivity index (χ1n) is 8.10. The molecule has 0 aliphatic carbocycles. The van der Waals surface area contributed by atoms with Gasteiger partial charge in [0, 0.05) is 28.6 Å². The van der Waals surface area contributed by atoms with Crippen LogP contribution in [-0.4, -0.2) is 29.0 Å². The highest BCUT2D eigenvalue weighted by molar-refractivity contribution is 7.16. The number of nitrogens with zero attached hydrogens (tertiary/aromatic N) is 1. The zero-order valence-electron chi connectivity index (χ0n) is 13.5. The summed E-state index contributed by atoms with van der Waals surface area (Å²) in [5.41, 5.74) is 2.33. The van der Waals surface area contributed by atoms with Crippen LogP contribution in [-0.2, 0) is 13.0 Å². The van der Waals surface area contributed by atoms with Crippen molar-refractivity contribution in [2.45, 2.75) is 26.1 Å². The Morgan fingerprint density at radius 1 is 1.36 bits per heavy atom. The molecule has 2 aliphatic rings. The number of hydrogen-bond donors (Lipinski definition) is 3. The molecule has 25 heavy (non-hydrogen) atoms. The van der Waals surface area contributed by atoms with Gasteiger partial charge in [0.2, 0.25) is 0 Å². The van der Waals surface area contributed by atoms with Gasteiger partial charge >= 0.3 is 0 Å². The summed E-state index contributed by atoms with van der Waals surface area (Å²) in [5.74, 6) is -0.206. The van der Waals surface area contributed by atoms with Crippen LogP contribution in [0.3, 0.4) is 0 Å². The summed E-state index contributed by atoms with van der Waals surface area (Å²) in [6.45, 7) is 4.98. The van der Waals surface area contributed by atoms with Gasteiger partial charge in [-0.05, 0) is 30.7 Å². The lowest BCUT2D eigenvalue weighted by molar-refractivity contribution is 0.0934. The smallest absolute Gasteiger partial charge is 0.256 e. The van der Waals surface area contributed by atoms with E-state index in [-0.39, 0.29) is 16.7 Å². The van der Waals surface area contributed by atoms with Gasteiger partial charge < -0.3 is 15.7 Å². The number of aromatic hydroxyl groups is 1. The van der Waals surface area contributed by atoms with Crippen molar-refractivity contribution in [3.05, 3.63) is 43.7 Å². The third kappa shape index (κ3) is 2.87. The fourth-order valence-corrected chi connectivity index (χ4v) is 5.22. The molecular formula is C17H17Cl2N3O2S. The zero-order valence-corrected chi connectivity index (χ0v) is 15.9. The van der Waals surface area contributed by atoms with Crippen LogP contribution in [0.2, 0.25) is 10.0 Å². The minimum atomic E-state index is -0.571. The lowest BCUT2D eigenvalue weighted by atomic mass is 10.00. The monoisotopic (exact) mass is 397 g/mol. The molecule has 1 atom stereocenters. The second kappa shape index (κ2) is 6.36. The molecule has 5 nitrogen and oxygen atoms in total. The molecular weight excluding hydrogens is 381 g/mol. The molecule has 2 aromatic rings. The predicted molar refractivity (Wildman–Crippen MR) is 101 cm³/mol. The molecule has 0 bridgehead atoms. The lowest BCUT2D eigenvalue weighted by Crippen LogP contribution is -2.39. The maximum absolute atomic E-state index is 12.7. The van der Waals surface area contributed by atoms with Crippen LogP contribution in [0.15, 0.2) is 12.1 Å². The number of thiophene rings is 1. The molecule has 0 spiro atoms. The number of phenolic OH excluding ortho intramolecular Hbond substituents is 1. The minimum Gasteiger partial charge on any atom is -0.506 e. The predicted octanol–water partition coefficient (Wildman–Crippen LogP) is 3.99. The number of carbonyl (C=O) groups is 1. The standard InChI is InChI=1S/C17H17Cl2N3O2S/c1-2-22-4-3-9-12(7-22)25-17-13(9)16(24)20-15(21-17)10-5-8(18)6-11(19)14(10)23/h5-6,15,21,23H,2-4,7H2,1H3,(H,20,24)/t15-/m0/s1. The second-order valence-corrected chi connectivity index (χ2v) is 8.15. The highest BCUT2D eigenvalue weighted by Crippen LogP contribution is 2.43. The molecule has 1 amide bonds. The van der Waals surface area contributed by atoms with Crippen LogP contribution in [0.5, 0.6) is 5.75 Å². The van der Waals surface area contributed by atoms with Crippen LogP contribution in [0.4, 0.5) is 5.00 Å². The van der Waals surface area contributed by atoms with Crippen molar-refractivity contribution in [2.24, 2.45) is 0 Å². The number of halogens is 2. The summed E-state index contributed by atoms with van der Waals surface area (Å²) in [6.07, 6.45) is 0.307. The van der Waals surface area contributed by atoms with Crippen molar-refractivity contribution < 1.29 is 9.90 Å². The Morgan fingerprint density at radius 2 is 2.16 bits per heavy atom. The Kier molecular flexibility index (Phi) is 4.32. The third-order valence-electron chi connectivity index (χ3n) is 4.73. The molecule has 3 N–H and O–H groups in total. The van der Waals surface area contributed by atoms with Crippen LogP contribution >= 0.6 is 34.5 Å². The van der Waals surface area contributed by atoms with E-state index in [1.807, 2.05) is 0 Å². The quantitative estimate of drug-likeness (QED) is 0.716. The van der Waals surface area contributed by atoms with E-state index in [9.17, 15) is 9.90 Å². The summed E-state index contributed by atoms with van der Waals surface area (Å²) >= 11 is 13.7. The van der Waals surface area contributed by atoms with Gasteiger partial charge in [-0.15, -0.1) is 11.3 Å². The van der Waals surface area contributed by atoms with Crippen molar-refractivity contribution >= 4 is 45.4 Å². The molecule has 0 saturated heterocycles. The number of likely N-dealkylation sites (N-methyl/N-ethyl adjacent to an activating group) is 1. The van der Waals surface area contributed by atoms with Crippen LogP contribution < -0.4 is 10.6 Å². The Bertz CT molecular complexity index is 868. The van der Waals surface area contributed by atoms with E-state index in [4.69, 9.17) is 23.2 Å². The zero-order chi connectivity index (χ0) is 17.7. The number of nitrogens with one attached hydrogen (secondary N) is 2. The summed E-state index contributed by atoms with van der Waals surface area (Å²) < 4.78 is 0. The Hall–Kier alpha value is -1.47. The van der Waals surface area contributed by atoms with E-state index >= 15 is 0 Å². The van der Waals surface area contributed by atoms with Gasteiger partial charge in [-0.1, -0.05) is 30.1 Å². The number of fused-ring (bicyclic) bond motifs is 3. The van der Waals surface area contributed by atoms with Crippen molar-refractivity contribution in [1.82, 2.24) is 10.2 Å². The van der Waals surface area contributed by atoms with Gasteiger partial charge in [-0.2, -0.15) is 0 Å². The maximum Gasteiger partial charge on any atom is 0.256 e. The van der Waals surface area contributed by atoms with Crippen molar-refractivity contribution in [3.8, 4) is 5.75 Å². The Labute approximate surface area is 159 Å². The summed E-state index contributed by atoms with van der Waals surface area (Å²) in [5, 5.41) is 17.9. The molecule has 0 saturated carbocycles. The van der Waals surface area contributed by atoms with E-state index in [2.05, 4.69) is 22.5 Å². The van der Waals surface area contributed by atoms with Gasteiger partial charge in [0.1, 0.15) is 16.9 Å². The Balaban J connectivity index is 1.71. The van der Waals surface area contributed by atoms with E-state index in [1.165, 1.54) is 10.9 Å². The number of amides is 1. The minimum absolute atomic E-state index is 0.0780. The molecule has 4 rings (SSSR count). The van der Waals surface area contributed by atoms with E-state index in [0.29, 0.717) is 10.6 Å². The van der Waals surface area contributed by atoms with Crippen molar-refractivity contribution in [1.29, 1.82) is 0 Å². The van der Waals surface area contributed by atoms with Crippen molar-refractivity contribution in [2.75, 3.05) is 18.4 Å². The number of phenols is 1. The van der Waals surface area contributed by atoms with Crippen molar-refractivity contribution in [3.63, 3.8) is 0 Å². The van der Waals surface area contributed by atoms with E-state index < -0.39 is 6.17 Å². The van der Waals surface area contributed by atoms with Crippen LogP contribution in [0, 0.1) is 0 Å². The summed E-state index contributed by atoms with van der Waals surface area (Å²) in [7, 11) is 0. The lowest BCUT2D eigenvalue weighted by Gasteiger charge is -2.28. The van der Waals surface area contributed by atoms with E-state index in [0.717, 1.165) is 42.2 Å². The average molecular weight is 398 g/mol. The van der Waals surface area contributed by atoms with Crippen LogP contribution in [0.1, 0.15) is 39.5 Å². The SMILES string of the molecule is CCN1CCc2c(sc3c2C(=O)N[C@H](c2cc(Cl)cc(Cl)c2O)N3)C1.